The second kappa shape index (κ2) is 10.7. The number of hydrogen-bond acceptors (Lipinski definition) is 5. The van der Waals surface area contributed by atoms with E-state index in [-0.39, 0.29) is 4.05 Å². The van der Waals surface area contributed by atoms with Gasteiger partial charge in [-0.2, -0.15) is 0 Å². The molecule has 1 aliphatic rings. The van der Waals surface area contributed by atoms with Gasteiger partial charge in [-0.25, -0.2) is 0 Å². The molecular formula is C24H28INO4. The second-order valence-electron chi connectivity index (χ2n) is 6.97. The summed E-state index contributed by atoms with van der Waals surface area (Å²) in [5.74, 6) is 2.77. The van der Waals surface area contributed by atoms with Gasteiger partial charge in [-0.15, -0.1) is 0 Å². The number of hydrogen-bond donors (Lipinski definition) is 0. The Balaban J connectivity index is 1.87. The molecule has 0 saturated heterocycles. The van der Waals surface area contributed by atoms with Crippen LogP contribution >= 0.6 is 22.6 Å². The van der Waals surface area contributed by atoms with E-state index < -0.39 is 0 Å². The zero-order valence-electron chi connectivity index (χ0n) is 17.9. The van der Waals surface area contributed by atoms with Gasteiger partial charge in [-0.3, -0.25) is 4.99 Å². The number of ether oxygens (including phenoxy) is 4. The summed E-state index contributed by atoms with van der Waals surface area (Å²) in [6.07, 6.45) is 7.16. The fourth-order valence-corrected chi connectivity index (χ4v) is 4.14. The monoisotopic (exact) mass is 521 g/mol. The Bertz CT molecular complexity index is 914. The SMILES string of the molecule is CCCCOc1ccc2c(c1)CC(I)N=C2C=Cc1cc(OC)c(OC)c(OC)c1. The summed E-state index contributed by atoms with van der Waals surface area (Å²) in [5, 5.41) is 0. The predicted molar refractivity (Wildman–Crippen MR) is 130 cm³/mol. The third kappa shape index (κ3) is 5.28. The van der Waals surface area contributed by atoms with Gasteiger partial charge in [0.15, 0.2) is 11.5 Å². The van der Waals surface area contributed by atoms with Crippen molar-refractivity contribution in [2.45, 2.75) is 30.2 Å². The summed E-state index contributed by atoms with van der Waals surface area (Å²) in [6.45, 7) is 2.92. The molecule has 1 unspecified atom stereocenters. The molecule has 0 fully saturated rings. The zero-order valence-corrected chi connectivity index (χ0v) is 20.1. The summed E-state index contributed by atoms with van der Waals surface area (Å²) in [6, 6.07) is 10.1. The number of allylic oxidation sites excluding steroid dienone is 1. The topological polar surface area (TPSA) is 49.3 Å². The van der Waals surface area contributed by atoms with Crippen LogP contribution in [-0.2, 0) is 6.42 Å². The van der Waals surface area contributed by atoms with Crippen LogP contribution in [0.15, 0.2) is 41.4 Å². The molecule has 0 N–H and O–H groups in total. The lowest BCUT2D eigenvalue weighted by atomic mass is 9.96. The van der Waals surface area contributed by atoms with Crippen LogP contribution in [-0.4, -0.2) is 37.7 Å². The first-order chi connectivity index (χ1) is 14.6. The third-order valence-electron chi connectivity index (χ3n) is 4.91. The van der Waals surface area contributed by atoms with Crippen LogP contribution in [0.3, 0.4) is 0 Å². The molecule has 0 spiro atoms. The normalized spacial score (nSPS) is 15.5. The molecule has 3 rings (SSSR count). The van der Waals surface area contributed by atoms with E-state index in [0.717, 1.165) is 48.5 Å². The summed E-state index contributed by atoms with van der Waals surface area (Å²) >= 11 is 2.38. The Morgan fingerprint density at radius 3 is 2.40 bits per heavy atom. The van der Waals surface area contributed by atoms with E-state index in [2.05, 4.69) is 41.6 Å². The highest BCUT2D eigenvalue weighted by Gasteiger charge is 2.19. The lowest BCUT2D eigenvalue weighted by Gasteiger charge is -2.20. The Labute approximate surface area is 192 Å². The Morgan fingerprint density at radius 1 is 1.03 bits per heavy atom. The van der Waals surface area contributed by atoms with Crippen molar-refractivity contribution in [1.82, 2.24) is 0 Å². The van der Waals surface area contributed by atoms with Gasteiger partial charge in [0.25, 0.3) is 0 Å². The van der Waals surface area contributed by atoms with Crippen LogP contribution in [0, 0.1) is 0 Å². The summed E-state index contributed by atoms with van der Waals surface area (Å²) in [4.78, 5) is 4.85. The lowest BCUT2D eigenvalue weighted by molar-refractivity contribution is 0.309. The van der Waals surface area contributed by atoms with Crippen LogP contribution < -0.4 is 18.9 Å². The van der Waals surface area contributed by atoms with Gasteiger partial charge in [0.2, 0.25) is 5.75 Å². The number of benzene rings is 2. The summed E-state index contributed by atoms with van der Waals surface area (Å²) < 4.78 is 22.4. The van der Waals surface area contributed by atoms with E-state index in [9.17, 15) is 0 Å². The average molecular weight is 521 g/mol. The molecule has 0 saturated carbocycles. The maximum atomic E-state index is 5.89. The molecule has 2 aromatic rings. The number of nitrogens with zero attached hydrogens (tertiary/aromatic N) is 1. The molecule has 5 nitrogen and oxygen atoms in total. The van der Waals surface area contributed by atoms with Crippen molar-refractivity contribution in [3.63, 3.8) is 0 Å². The molecule has 0 aromatic heterocycles. The molecule has 160 valence electrons. The molecule has 1 aliphatic heterocycles. The van der Waals surface area contributed by atoms with E-state index in [1.165, 1.54) is 5.56 Å². The molecule has 1 heterocycles. The Kier molecular flexibility index (Phi) is 8.01. The highest BCUT2D eigenvalue weighted by Crippen LogP contribution is 2.38. The minimum atomic E-state index is 0.195. The van der Waals surface area contributed by atoms with Crippen LogP contribution in [0.1, 0.15) is 36.5 Å². The molecule has 30 heavy (non-hydrogen) atoms. The summed E-state index contributed by atoms with van der Waals surface area (Å²) in [5.41, 5.74) is 4.32. The van der Waals surface area contributed by atoms with Gasteiger partial charge < -0.3 is 18.9 Å². The van der Waals surface area contributed by atoms with Gasteiger partial charge in [-0.05, 0) is 54.0 Å². The van der Waals surface area contributed by atoms with Gasteiger partial charge in [0.05, 0.1) is 33.6 Å². The highest BCUT2D eigenvalue weighted by molar-refractivity contribution is 14.1. The van der Waals surface area contributed by atoms with E-state index in [0.29, 0.717) is 17.2 Å². The molecule has 1 atom stereocenters. The van der Waals surface area contributed by atoms with Gasteiger partial charge in [-0.1, -0.05) is 42.0 Å². The fourth-order valence-electron chi connectivity index (χ4n) is 3.37. The molecule has 0 radical (unpaired) electrons. The number of methoxy groups -OCH3 is 3. The third-order valence-corrected chi connectivity index (χ3v) is 5.63. The smallest absolute Gasteiger partial charge is 0.203 e. The van der Waals surface area contributed by atoms with Crippen molar-refractivity contribution in [3.05, 3.63) is 53.1 Å². The van der Waals surface area contributed by atoms with Gasteiger partial charge in [0.1, 0.15) is 9.80 Å². The predicted octanol–water partition coefficient (Wildman–Crippen LogP) is 5.71. The number of rotatable bonds is 9. The minimum Gasteiger partial charge on any atom is -0.494 e. The minimum absolute atomic E-state index is 0.195. The molecular weight excluding hydrogens is 493 g/mol. The van der Waals surface area contributed by atoms with E-state index in [1.54, 1.807) is 21.3 Å². The van der Waals surface area contributed by atoms with Crippen molar-refractivity contribution in [2.24, 2.45) is 4.99 Å². The largest absolute Gasteiger partial charge is 0.494 e. The van der Waals surface area contributed by atoms with E-state index >= 15 is 0 Å². The van der Waals surface area contributed by atoms with E-state index in [1.807, 2.05) is 30.4 Å². The number of fused-ring (bicyclic) bond motifs is 1. The van der Waals surface area contributed by atoms with Crippen molar-refractivity contribution in [1.29, 1.82) is 0 Å². The maximum Gasteiger partial charge on any atom is 0.203 e. The van der Waals surface area contributed by atoms with Crippen LogP contribution in [0.4, 0.5) is 0 Å². The zero-order chi connectivity index (χ0) is 21.5. The number of halogens is 1. The molecule has 2 aromatic carbocycles. The fraction of sp³-hybridized carbons (Fsp3) is 0.375. The quantitative estimate of drug-likeness (QED) is 0.184. The first-order valence-corrected chi connectivity index (χ1v) is 11.3. The Hall–Kier alpha value is -2.22. The van der Waals surface area contributed by atoms with E-state index in [4.69, 9.17) is 23.9 Å². The van der Waals surface area contributed by atoms with Crippen molar-refractivity contribution in [3.8, 4) is 23.0 Å². The summed E-state index contributed by atoms with van der Waals surface area (Å²) in [7, 11) is 4.84. The standard InChI is InChI=1S/C24H28INO4/c1-5-6-11-30-18-8-9-19-17(14-18)15-23(25)26-20(19)10-7-16-12-21(27-2)24(29-4)22(13-16)28-3/h7-10,12-14,23H,5-6,11,15H2,1-4H3. The number of alkyl halides is 1. The lowest BCUT2D eigenvalue weighted by Crippen LogP contribution is -2.15. The number of aliphatic imine (C=N–C) groups is 1. The first-order valence-electron chi connectivity index (χ1n) is 10.1. The molecule has 0 bridgehead atoms. The first kappa shape index (κ1) is 22.5. The Morgan fingerprint density at radius 2 is 1.77 bits per heavy atom. The number of unbranched alkanes of at least 4 members (excludes halogenated alkanes) is 1. The second-order valence-corrected chi connectivity index (χ2v) is 8.40. The highest BCUT2D eigenvalue weighted by atomic mass is 127. The van der Waals surface area contributed by atoms with Crippen LogP contribution in [0.2, 0.25) is 0 Å². The molecule has 0 amide bonds. The van der Waals surface area contributed by atoms with Crippen molar-refractivity contribution >= 4 is 34.4 Å². The van der Waals surface area contributed by atoms with Crippen LogP contribution in [0.25, 0.3) is 6.08 Å². The molecule has 0 aliphatic carbocycles. The van der Waals surface area contributed by atoms with Crippen molar-refractivity contribution in [2.75, 3.05) is 27.9 Å². The van der Waals surface area contributed by atoms with Gasteiger partial charge >= 0.3 is 0 Å². The van der Waals surface area contributed by atoms with Crippen molar-refractivity contribution < 1.29 is 18.9 Å². The average Bonchev–Trinajstić information content (AvgIpc) is 2.76. The maximum absolute atomic E-state index is 5.89. The molecule has 6 heteroatoms. The van der Waals surface area contributed by atoms with Crippen LogP contribution in [0.5, 0.6) is 23.0 Å². The van der Waals surface area contributed by atoms with Gasteiger partial charge in [0, 0.05) is 12.0 Å².